The molecule has 0 bridgehead atoms. The molecule has 1 unspecified atom stereocenters. The van der Waals surface area contributed by atoms with Crippen molar-refractivity contribution >= 4 is 17.1 Å². The molecule has 3 heterocycles. The Kier molecular flexibility index (Phi) is 4.54. The smallest absolute Gasteiger partial charge is 0.164 e. The Bertz CT molecular complexity index is 713. The number of fused-ring (bicyclic) bond motifs is 1. The number of ether oxygens (including phenoxy) is 2. The van der Waals surface area contributed by atoms with E-state index < -0.39 is 0 Å². The van der Waals surface area contributed by atoms with Crippen LogP contribution in [0.5, 0.6) is 11.5 Å². The second-order valence-electron chi connectivity index (χ2n) is 6.33. The van der Waals surface area contributed by atoms with Crippen molar-refractivity contribution in [3.05, 3.63) is 46.2 Å². The lowest BCUT2D eigenvalue weighted by Crippen LogP contribution is -2.23. The third-order valence-electron chi connectivity index (χ3n) is 4.74. The number of carbonyl (C=O) groups excluding carboxylic acids is 1. The summed E-state index contributed by atoms with van der Waals surface area (Å²) in [5, 5.41) is 2.14. The minimum absolute atomic E-state index is 0.173. The predicted octanol–water partition coefficient (Wildman–Crippen LogP) is 3.58. The largest absolute Gasteiger partial charge is 0.486 e. The van der Waals surface area contributed by atoms with E-state index in [0.29, 0.717) is 36.9 Å². The van der Waals surface area contributed by atoms with Gasteiger partial charge in [0.15, 0.2) is 17.3 Å². The maximum atomic E-state index is 12.5. The van der Waals surface area contributed by atoms with Crippen molar-refractivity contribution in [3.63, 3.8) is 0 Å². The number of hydrogen-bond donors (Lipinski definition) is 0. The Morgan fingerprint density at radius 3 is 2.92 bits per heavy atom. The van der Waals surface area contributed by atoms with E-state index in [2.05, 4.69) is 22.4 Å². The molecule has 24 heavy (non-hydrogen) atoms. The number of carbonyl (C=O) groups is 1. The van der Waals surface area contributed by atoms with Crippen LogP contribution in [-0.4, -0.2) is 43.5 Å². The van der Waals surface area contributed by atoms with Crippen LogP contribution in [0.25, 0.3) is 0 Å². The molecular weight excluding hydrogens is 322 g/mol. The molecule has 126 valence electrons. The van der Waals surface area contributed by atoms with Crippen LogP contribution in [0, 0.1) is 0 Å². The van der Waals surface area contributed by atoms with Crippen molar-refractivity contribution in [2.24, 2.45) is 0 Å². The number of benzene rings is 1. The molecule has 0 aliphatic carbocycles. The van der Waals surface area contributed by atoms with Crippen LogP contribution < -0.4 is 9.47 Å². The first kappa shape index (κ1) is 15.7. The summed E-state index contributed by atoms with van der Waals surface area (Å²) < 4.78 is 11.1. The van der Waals surface area contributed by atoms with Gasteiger partial charge in [0.05, 0.1) is 0 Å². The summed E-state index contributed by atoms with van der Waals surface area (Å²) in [6.07, 6.45) is 1.75. The molecule has 0 radical (unpaired) electrons. The van der Waals surface area contributed by atoms with Gasteiger partial charge in [-0.1, -0.05) is 6.07 Å². The van der Waals surface area contributed by atoms with Crippen molar-refractivity contribution in [2.45, 2.75) is 18.8 Å². The zero-order valence-corrected chi connectivity index (χ0v) is 14.4. The summed E-state index contributed by atoms with van der Waals surface area (Å²) in [6, 6.07) is 9.83. The topological polar surface area (TPSA) is 38.8 Å². The van der Waals surface area contributed by atoms with E-state index in [1.54, 1.807) is 0 Å². The molecule has 1 aromatic carbocycles. The van der Waals surface area contributed by atoms with Crippen molar-refractivity contribution in [2.75, 3.05) is 32.8 Å². The highest BCUT2D eigenvalue weighted by Crippen LogP contribution is 2.32. The summed E-state index contributed by atoms with van der Waals surface area (Å²) in [5.74, 6) is 2.23. The van der Waals surface area contributed by atoms with E-state index in [1.807, 2.05) is 29.5 Å². The molecule has 5 heteroatoms. The molecule has 0 amide bonds. The summed E-state index contributed by atoms with van der Waals surface area (Å²) in [5.41, 5.74) is 0.716. The van der Waals surface area contributed by atoms with Gasteiger partial charge in [-0.15, -0.1) is 11.3 Å². The standard InChI is InChI=1S/C19H21NO3S/c21-16(14-3-4-17-18(12-14)23-10-9-22-17)6-8-20-7-5-15(13-20)19-2-1-11-24-19/h1-4,11-12,15H,5-10,13H2. The summed E-state index contributed by atoms with van der Waals surface area (Å²) in [6.45, 7) is 4.09. The number of nitrogens with zero attached hydrogens (tertiary/aromatic N) is 1. The van der Waals surface area contributed by atoms with Crippen LogP contribution in [0.2, 0.25) is 0 Å². The fourth-order valence-electron chi connectivity index (χ4n) is 3.41. The lowest BCUT2D eigenvalue weighted by Gasteiger charge is -2.19. The molecule has 1 aromatic heterocycles. The Labute approximate surface area is 146 Å². The molecule has 0 spiro atoms. The molecular formula is C19H21NO3S. The molecule has 4 rings (SSSR count). The predicted molar refractivity (Wildman–Crippen MR) is 94.5 cm³/mol. The number of hydrogen-bond acceptors (Lipinski definition) is 5. The lowest BCUT2D eigenvalue weighted by atomic mass is 10.1. The number of rotatable bonds is 5. The lowest BCUT2D eigenvalue weighted by molar-refractivity contribution is 0.0967. The van der Waals surface area contributed by atoms with E-state index in [1.165, 1.54) is 11.3 Å². The van der Waals surface area contributed by atoms with Gasteiger partial charge in [0.1, 0.15) is 13.2 Å². The van der Waals surface area contributed by atoms with E-state index in [4.69, 9.17) is 9.47 Å². The fraction of sp³-hybridized carbons (Fsp3) is 0.421. The van der Waals surface area contributed by atoms with E-state index >= 15 is 0 Å². The van der Waals surface area contributed by atoms with Crippen molar-refractivity contribution in [1.29, 1.82) is 0 Å². The fourth-order valence-corrected chi connectivity index (χ4v) is 4.27. The average molecular weight is 343 g/mol. The Hall–Kier alpha value is -1.85. The van der Waals surface area contributed by atoms with E-state index in [9.17, 15) is 4.79 Å². The summed E-state index contributed by atoms with van der Waals surface area (Å²) >= 11 is 1.84. The van der Waals surface area contributed by atoms with Crippen molar-refractivity contribution < 1.29 is 14.3 Å². The van der Waals surface area contributed by atoms with E-state index in [0.717, 1.165) is 25.4 Å². The second kappa shape index (κ2) is 6.95. The Morgan fingerprint density at radius 1 is 1.21 bits per heavy atom. The van der Waals surface area contributed by atoms with Gasteiger partial charge in [-0.3, -0.25) is 4.79 Å². The van der Waals surface area contributed by atoms with Crippen LogP contribution in [0.15, 0.2) is 35.7 Å². The molecule has 4 nitrogen and oxygen atoms in total. The Balaban J connectivity index is 1.32. The van der Waals surface area contributed by atoms with Crippen LogP contribution in [0.4, 0.5) is 0 Å². The first-order valence-corrected chi connectivity index (χ1v) is 9.36. The minimum atomic E-state index is 0.173. The molecule has 1 saturated heterocycles. The van der Waals surface area contributed by atoms with Gasteiger partial charge in [0.25, 0.3) is 0 Å². The van der Waals surface area contributed by atoms with Gasteiger partial charge < -0.3 is 14.4 Å². The molecule has 1 atom stereocenters. The van der Waals surface area contributed by atoms with Gasteiger partial charge >= 0.3 is 0 Å². The van der Waals surface area contributed by atoms with Crippen molar-refractivity contribution in [1.82, 2.24) is 4.90 Å². The first-order chi connectivity index (χ1) is 11.8. The molecule has 2 aliphatic heterocycles. The molecule has 0 N–H and O–H groups in total. The first-order valence-electron chi connectivity index (χ1n) is 8.48. The summed E-state index contributed by atoms with van der Waals surface area (Å²) in [7, 11) is 0. The van der Waals surface area contributed by atoms with Gasteiger partial charge in [0, 0.05) is 35.9 Å². The maximum Gasteiger partial charge on any atom is 0.164 e. The summed E-state index contributed by atoms with van der Waals surface area (Å²) in [4.78, 5) is 16.3. The Morgan fingerprint density at radius 2 is 2.08 bits per heavy atom. The molecule has 2 aromatic rings. The number of thiophene rings is 1. The van der Waals surface area contributed by atoms with Crippen molar-refractivity contribution in [3.8, 4) is 11.5 Å². The zero-order valence-electron chi connectivity index (χ0n) is 13.6. The molecule has 1 fully saturated rings. The number of likely N-dealkylation sites (tertiary alicyclic amines) is 1. The highest BCUT2D eigenvalue weighted by atomic mass is 32.1. The monoisotopic (exact) mass is 343 g/mol. The molecule has 2 aliphatic rings. The van der Waals surface area contributed by atoms with Crippen LogP contribution in [0.1, 0.15) is 34.0 Å². The van der Waals surface area contributed by atoms with Crippen LogP contribution in [0.3, 0.4) is 0 Å². The third kappa shape index (κ3) is 3.32. The normalized spacial score (nSPS) is 20.2. The van der Waals surface area contributed by atoms with E-state index in [-0.39, 0.29) is 5.78 Å². The highest BCUT2D eigenvalue weighted by molar-refractivity contribution is 7.10. The zero-order chi connectivity index (χ0) is 16.4. The average Bonchev–Trinajstić information content (AvgIpc) is 3.30. The van der Waals surface area contributed by atoms with Gasteiger partial charge in [-0.05, 0) is 42.6 Å². The SMILES string of the molecule is O=C(CCN1CCC(c2cccs2)C1)c1ccc2c(c1)OCCO2. The van der Waals surface area contributed by atoms with Crippen LogP contribution in [-0.2, 0) is 0 Å². The van der Waals surface area contributed by atoms with Crippen LogP contribution >= 0.6 is 11.3 Å². The van der Waals surface area contributed by atoms with Gasteiger partial charge in [-0.2, -0.15) is 0 Å². The second-order valence-corrected chi connectivity index (χ2v) is 7.31. The van der Waals surface area contributed by atoms with Gasteiger partial charge in [-0.25, -0.2) is 0 Å². The quantitative estimate of drug-likeness (QED) is 0.778. The van der Waals surface area contributed by atoms with Gasteiger partial charge in [0.2, 0.25) is 0 Å². The minimum Gasteiger partial charge on any atom is -0.486 e. The number of Topliss-reactive ketones (excluding diaryl/α,β-unsaturated/α-hetero) is 1. The third-order valence-corrected chi connectivity index (χ3v) is 5.77. The maximum absolute atomic E-state index is 12.5. The molecule has 0 saturated carbocycles. The number of ketones is 1. The highest BCUT2D eigenvalue weighted by Gasteiger charge is 2.25.